The molecule has 6 nitrogen and oxygen atoms in total. The maximum atomic E-state index is 5.48. The zero-order valence-electron chi connectivity index (χ0n) is 18.3. The SMILES string of the molecule is COc1cccc(-n2cccc2CN(CCCN2CCOCC2)Cc2cccnc2)c1. The van der Waals surface area contributed by atoms with Gasteiger partial charge in [-0.2, -0.15) is 0 Å². The molecule has 0 bridgehead atoms. The Morgan fingerprint density at radius 3 is 2.77 bits per heavy atom. The Morgan fingerprint density at radius 2 is 1.97 bits per heavy atom. The second kappa shape index (κ2) is 11.1. The number of hydrogen-bond donors (Lipinski definition) is 0. The molecule has 4 rings (SSSR count). The van der Waals surface area contributed by atoms with Gasteiger partial charge in [0.1, 0.15) is 5.75 Å². The quantitative estimate of drug-likeness (QED) is 0.501. The molecule has 1 aliphatic rings. The highest BCUT2D eigenvalue weighted by molar-refractivity contribution is 5.41. The lowest BCUT2D eigenvalue weighted by Crippen LogP contribution is -2.38. The summed E-state index contributed by atoms with van der Waals surface area (Å²) in [4.78, 5) is 9.33. The fraction of sp³-hybridized carbons (Fsp3) is 0.400. The van der Waals surface area contributed by atoms with E-state index in [1.165, 1.54) is 11.3 Å². The summed E-state index contributed by atoms with van der Waals surface area (Å²) in [5.74, 6) is 0.870. The second-order valence-corrected chi connectivity index (χ2v) is 7.95. The Morgan fingerprint density at radius 1 is 1.06 bits per heavy atom. The van der Waals surface area contributed by atoms with Gasteiger partial charge in [-0.15, -0.1) is 0 Å². The lowest BCUT2D eigenvalue weighted by molar-refractivity contribution is 0.0358. The van der Waals surface area contributed by atoms with Crippen LogP contribution in [-0.2, 0) is 17.8 Å². The molecule has 0 atom stereocenters. The molecular weight excluding hydrogens is 388 g/mol. The van der Waals surface area contributed by atoms with Crippen LogP contribution in [0.25, 0.3) is 5.69 Å². The summed E-state index contributed by atoms with van der Waals surface area (Å²) >= 11 is 0. The van der Waals surface area contributed by atoms with Gasteiger partial charge in [0.25, 0.3) is 0 Å². The molecule has 0 amide bonds. The van der Waals surface area contributed by atoms with E-state index in [1.807, 2.05) is 30.6 Å². The number of aromatic nitrogens is 2. The lowest BCUT2D eigenvalue weighted by Gasteiger charge is -2.28. The Balaban J connectivity index is 1.45. The van der Waals surface area contributed by atoms with Gasteiger partial charge in [-0.25, -0.2) is 0 Å². The van der Waals surface area contributed by atoms with Crippen LogP contribution in [-0.4, -0.2) is 65.9 Å². The fourth-order valence-corrected chi connectivity index (χ4v) is 4.09. The molecule has 0 spiro atoms. The Labute approximate surface area is 185 Å². The normalized spacial score (nSPS) is 14.8. The van der Waals surface area contributed by atoms with Crippen molar-refractivity contribution in [2.45, 2.75) is 19.5 Å². The molecule has 1 fully saturated rings. The summed E-state index contributed by atoms with van der Waals surface area (Å²) in [6, 6.07) is 16.7. The number of pyridine rings is 1. The predicted molar refractivity (Wildman–Crippen MR) is 123 cm³/mol. The van der Waals surface area contributed by atoms with Crippen molar-refractivity contribution in [2.75, 3.05) is 46.5 Å². The molecule has 0 radical (unpaired) electrons. The van der Waals surface area contributed by atoms with Crippen molar-refractivity contribution in [1.29, 1.82) is 0 Å². The highest BCUT2D eigenvalue weighted by atomic mass is 16.5. The molecule has 1 saturated heterocycles. The van der Waals surface area contributed by atoms with Crippen LogP contribution in [0.2, 0.25) is 0 Å². The van der Waals surface area contributed by atoms with E-state index in [2.05, 4.69) is 55.9 Å². The van der Waals surface area contributed by atoms with Crippen LogP contribution in [0, 0.1) is 0 Å². The van der Waals surface area contributed by atoms with Crippen molar-refractivity contribution in [1.82, 2.24) is 19.4 Å². The summed E-state index contributed by atoms with van der Waals surface area (Å²) in [6.07, 6.45) is 7.07. The van der Waals surface area contributed by atoms with Gasteiger partial charge < -0.3 is 14.0 Å². The van der Waals surface area contributed by atoms with Gasteiger partial charge in [0.05, 0.1) is 20.3 Å². The number of hydrogen-bond acceptors (Lipinski definition) is 5. The van der Waals surface area contributed by atoms with Crippen molar-refractivity contribution < 1.29 is 9.47 Å². The Bertz CT molecular complexity index is 922. The molecule has 2 aromatic heterocycles. The van der Waals surface area contributed by atoms with E-state index in [0.717, 1.165) is 70.3 Å². The number of nitrogens with zero attached hydrogens (tertiary/aromatic N) is 4. The molecule has 3 heterocycles. The zero-order chi connectivity index (χ0) is 21.3. The number of ether oxygens (including phenoxy) is 2. The average molecular weight is 421 g/mol. The van der Waals surface area contributed by atoms with E-state index in [0.29, 0.717) is 0 Å². The van der Waals surface area contributed by atoms with Crippen molar-refractivity contribution in [3.8, 4) is 11.4 Å². The lowest BCUT2D eigenvalue weighted by atomic mass is 10.2. The monoisotopic (exact) mass is 420 g/mol. The first-order valence-corrected chi connectivity index (χ1v) is 11.0. The molecule has 3 aromatic rings. The molecule has 164 valence electrons. The van der Waals surface area contributed by atoms with Gasteiger partial charge in [-0.1, -0.05) is 12.1 Å². The summed E-state index contributed by atoms with van der Waals surface area (Å²) in [5.41, 5.74) is 3.63. The summed E-state index contributed by atoms with van der Waals surface area (Å²) in [5, 5.41) is 0. The van der Waals surface area contributed by atoms with Crippen LogP contribution in [0.5, 0.6) is 5.75 Å². The van der Waals surface area contributed by atoms with Crippen LogP contribution in [0.4, 0.5) is 0 Å². The summed E-state index contributed by atoms with van der Waals surface area (Å²) < 4.78 is 13.1. The second-order valence-electron chi connectivity index (χ2n) is 7.95. The molecule has 31 heavy (non-hydrogen) atoms. The highest BCUT2D eigenvalue weighted by Crippen LogP contribution is 2.20. The Hall–Kier alpha value is -2.67. The van der Waals surface area contributed by atoms with Gasteiger partial charge >= 0.3 is 0 Å². The van der Waals surface area contributed by atoms with Gasteiger partial charge in [0.15, 0.2) is 0 Å². The maximum absolute atomic E-state index is 5.48. The summed E-state index contributed by atoms with van der Waals surface area (Å²) in [6.45, 7) is 7.71. The third kappa shape index (κ3) is 6.17. The minimum atomic E-state index is 0.855. The fourth-order valence-electron chi connectivity index (χ4n) is 4.09. The first kappa shape index (κ1) is 21.6. The third-order valence-corrected chi connectivity index (χ3v) is 5.73. The maximum Gasteiger partial charge on any atom is 0.120 e. The molecule has 0 N–H and O–H groups in total. The van der Waals surface area contributed by atoms with Gasteiger partial charge in [-0.05, 0) is 48.9 Å². The van der Waals surface area contributed by atoms with E-state index in [1.54, 1.807) is 7.11 Å². The molecule has 0 aliphatic carbocycles. The molecular formula is C25H32N4O2. The first-order chi connectivity index (χ1) is 15.3. The van der Waals surface area contributed by atoms with Crippen molar-refractivity contribution in [3.63, 3.8) is 0 Å². The smallest absolute Gasteiger partial charge is 0.120 e. The number of methoxy groups -OCH3 is 1. The van der Waals surface area contributed by atoms with Crippen LogP contribution in [0.15, 0.2) is 67.1 Å². The minimum absolute atomic E-state index is 0.855. The standard InChI is InChI=1S/C25H32N4O2/c1-30-25-9-2-7-23(18-25)29-13-4-8-24(29)21-28(20-22-6-3-10-26-19-22)12-5-11-27-14-16-31-17-15-27/h2-4,6-10,13,18-19H,5,11-12,14-17,20-21H2,1H3. The molecule has 6 heteroatoms. The highest BCUT2D eigenvalue weighted by Gasteiger charge is 2.14. The molecule has 0 unspecified atom stereocenters. The van der Waals surface area contributed by atoms with E-state index >= 15 is 0 Å². The number of rotatable bonds is 10. The van der Waals surface area contributed by atoms with Crippen molar-refractivity contribution >= 4 is 0 Å². The van der Waals surface area contributed by atoms with Crippen molar-refractivity contribution in [2.24, 2.45) is 0 Å². The van der Waals surface area contributed by atoms with E-state index < -0.39 is 0 Å². The molecule has 1 aliphatic heterocycles. The predicted octanol–water partition coefficient (Wildman–Crippen LogP) is 3.61. The van der Waals surface area contributed by atoms with Crippen LogP contribution in [0.3, 0.4) is 0 Å². The zero-order valence-corrected chi connectivity index (χ0v) is 18.3. The summed E-state index contributed by atoms with van der Waals surface area (Å²) in [7, 11) is 1.71. The topological polar surface area (TPSA) is 42.8 Å². The Kier molecular flexibility index (Phi) is 7.71. The number of morpholine rings is 1. The van der Waals surface area contributed by atoms with E-state index in [9.17, 15) is 0 Å². The van der Waals surface area contributed by atoms with Crippen LogP contribution in [0.1, 0.15) is 17.7 Å². The molecule has 0 saturated carbocycles. The minimum Gasteiger partial charge on any atom is -0.497 e. The van der Waals surface area contributed by atoms with E-state index in [-0.39, 0.29) is 0 Å². The van der Waals surface area contributed by atoms with Crippen LogP contribution < -0.4 is 4.74 Å². The first-order valence-electron chi connectivity index (χ1n) is 11.0. The van der Waals surface area contributed by atoms with E-state index in [4.69, 9.17) is 9.47 Å². The molecule has 1 aromatic carbocycles. The van der Waals surface area contributed by atoms with Gasteiger partial charge in [-0.3, -0.25) is 14.8 Å². The van der Waals surface area contributed by atoms with Crippen molar-refractivity contribution in [3.05, 3.63) is 78.4 Å². The van der Waals surface area contributed by atoms with Gasteiger partial charge in [0, 0.05) is 68.8 Å². The largest absolute Gasteiger partial charge is 0.497 e. The average Bonchev–Trinajstić information content (AvgIpc) is 3.28. The number of benzene rings is 1. The van der Waals surface area contributed by atoms with Gasteiger partial charge in [0.2, 0.25) is 0 Å². The third-order valence-electron chi connectivity index (χ3n) is 5.73. The van der Waals surface area contributed by atoms with Crippen LogP contribution >= 0.6 is 0 Å².